The maximum Gasteiger partial charge on any atom is 0.233 e. The highest BCUT2D eigenvalue weighted by Gasteiger charge is 2.14. The minimum Gasteiger partial charge on any atom is -0.361 e. The fraction of sp³-hybridized carbons (Fsp3) is 0.333. The Balaban J connectivity index is 1.74. The summed E-state index contributed by atoms with van der Waals surface area (Å²) in [4.78, 5) is 12.0. The first-order valence-electron chi connectivity index (χ1n) is 6.50. The molecule has 20 heavy (non-hydrogen) atoms. The zero-order chi connectivity index (χ0) is 14.4. The van der Waals surface area contributed by atoms with Crippen LogP contribution < -0.4 is 5.32 Å². The molecule has 1 aromatic carbocycles. The molecule has 0 fully saturated rings. The summed E-state index contributed by atoms with van der Waals surface area (Å²) in [5.41, 5.74) is 1.97. The SMILES string of the molecule is Cc1cc(CS[C@H](C)C(=O)NCc2ccccc2)no1. The van der Waals surface area contributed by atoms with Gasteiger partial charge < -0.3 is 9.84 Å². The van der Waals surface area contributed by atoms with Gasteiger partial charge in [0.1, 0.15) is 5.76 Å². The molecule has 0 bridgehead atoms. The van der Waals surface area contributed by atoms with Crippen molar-refractivity contribution in [3.8, 4) is 0 Å². The summed E-state index contributed by atoms with van der Waals surface area (Å²) in [5.74, 6) is 1.51. The van der Waals surface area contributed by atoms with Crippen molar-refractivity contribution in [1.82, 2.24) is 10.5 Å². The van der Waals surface area contributed by atoms with E-state index in [0.717, 1.165) is 17.0 Å². The number of aryl methyl sites for hydroxylation is 1. The predicted octanol–water partition coefficient (Wildman–Crippen LogP) is 2.92. The van der Waals surface area contributed by atoms with Gasteiger partial charge in [-0.1, -0.05) is 35.5 Å². The average molecular weight is 290 g/mol. The number of rotatable bonds is 6. The second kappa shape index (κ2) is 7.14. The summed E-state index contributed by atoms with van der Waals surface area (Å²) in [6, 6.07) is 11.8. The number of carbonyl (C=O) groups is 1. The number of amides is 1. The molecule has 4 nitrogen and oxygen atoms in total. The molecular formula is C15H18N2O2S. The summed E-state index contributed by atoms with van der Waals surface area (Å²) < 4.78 is 5.00. The molecule has 1 atom stereocenters. The van der Waals surface area contributed by atoms with Gasteiger partial charge in [0, 0.05) is 18.4 Å². The Morgan fingerprint density at radius 1 is 1.40 bits per heavy atom. The Morgan fingerprint density at radius 3 is 2.80 bits per heavy atom. The standard InChI is InChI=1S/C15H18N2O2S/c1-11-8-14(17-19-11)10-20-12(2)15(18)16-9-13-6-4-3-5-7-13/h3-8,12H,9-10H2,1-2H3,(H,16,18)/t12-/m1/s1. The van der Waals surface area contributed by atoms with Gasteiger partial charge in [-0.3, -0.25) is 4.79 Å². The first-order chi connectivity index (χ1) is 9.65. The number of benzene rings is 1. The molecule has 0 saturated carbocycles. The van der Waals surface area contributed by atoms with Gasteiger partial charge in [-0.05, 0) is 19.4 Å². The van der Waals surface area contributed by atoms with Crippen LogP contribution in [0.4, 0.5) is 0 Å². The van der Waals surface area contributed by atoms with E-state index in [1.54, 1.807) is 11.8 Å². The molecule has 2 rings (SSSR count). The van der Waals surface area contributed by atoms with Gasteiger partial charge >= 0.3 is 0 Å². The Bertz CT molecular complexity index is 554. The number of thioether (sulfide) groups is 1. The molecule has 0 aliphatic carbocycles. The minimum absolute atomic E-state index is 0.0408. The largest absolute Gasteiger partial charge is 0.361 e. The van der Waals surface area contributed by atoms with Crippen molar-refractivity contribution in [3.63, 3.8) is 0 Å². The number of hydrogen-bond acceptors (Lipinski definition) is 4. The third-order valence-corrected chi connectivity index (χ3v) is 4.01. The smallest absolute Gasteiger partial charge is 0.233 e. The predicted molar refractivity (Wildman–Crippen MR) is 80.3 cm³/mol. The summed E-state index contributed by atoms with van der Waals surface area (Å²) in [5, 5.41) is 6.73. The van der Waals surface area contributed by atoms with Gasteiger partial charge in [0.25, 0.3) is 0 Å². The van der Waals surface area contributed by atoms with E-state index in [2.05, 4.69) is 10.5 Å². The highest BCUT2D eigenvalue weighted by Crippen LogP contribution is 2.17. The van der Waals surface area contributed by atoms with E-state index in [4.69, 9.17) is 4.52 Å². The maximum absolute atomic E-state index is 12.0. The third-order valence-electron chi connectivity index (χ3n) is 2.84. The number of nitrogens with zero attached hydrogens (tertiary/aromatic N) is 1. The highest BCUT2D eigenvalue weighted by atomic mass is 32.2. The summed E-state index contributed by atoms with van der Waals surface area (Å²) >= 11 is 1.55. The van der Waals surface area contributed by atoms with Crippen LogP contribution in [0.15, 0.2) is 40.9 Å². The van der Waals surface area contributed by atoms with Crippen molar-refractivity contribution in [2.75, 3.05) is 0 Å². The lowest BCUT2D eigenvalue weighted by atomic mass is 10.2. The molecular weight excluding hydrogens is 272 g/mol. The number of aromatic nitrogens is 1. The molecule has 1 heterocycles. The fourth-order valence-electron chi connectivity index (χ4n) is 1.70. The van der Waals surface area contributed by atoms with Crippen LogP contribution in [0.1, 0.15) is 23.9 Å². The van der Waals surface area contributed by atoms with Gasteiger partial charge in [0.05, 0.1) is 10.9 Å². The van der Waals surface area contributed by atoms with Crippen LogP contribution in [0.5, 0.6) is 0 Å². The molecule has 106 valence electrons. The van der Waals surface area contributed by atoms with E-state index in [9.17, 15) is 4.79 Å². The van der Waals surface area contributed by atoms with Crippen LogP contribution in [0.25, 0.3) is 0 Å². The Morgan fingerprint density at radius 2 is 2.15 bits per heavy atom. The van der Waals surface area contributed by atoms with Crippen molar-refractivity contribution in [2.45, 2.75) is 31.4 Å². The number of nitrogens with one attached hydrogen (secondary N) is 1. The first kappa shape index (κ1) is 14.7. The van der Waals surface area contributed by atoms with Crippen molar-refractivity contribution >= 4 is 17.7 Å². The second-order valence-electron chi connectivity index (χ2n) is 4.59. The Labute approximate surface area is 122 Å². The van der Waals surface area contributed by atoms with Crippen LogP contribution in [0.3, 0.4) is 0 Å². The van der Waals surface area contributed by atoms with Crippen molar-refractivity contribution < 1.29 is 9.32 Å². The van der Waals surface area contributed by atoms with E-state index >= 15 is 0 Å². The molecule has 0 aliphatic heterocycles. The molecule has 5 heteroatoms. The van der Waals surface area contributed by atoms with Crippen molar-refractivity contribution in [2.24, 2.45) is 0 Å². The lowest BCUT2D eigenvalue weighted by molar-refractivity contribution is -0.120. The minimum atomic E-state index is -0.115. The molecule has 0 unspecified atom stereocenters. The summed E-state index contributed by atoms with van der Waals surface area (Å²) in [7, 11) is 0. The molecule has 0 spiro atoms. The summed E-state index contributed by atoms with van der Waals surface area (Å²) in [6.07, 6.45) is 0. The highest BCUT2D eigenvalue weighted by molar-refractivity contribution is 7.99. The van der Waals surface area contributed by atoms with Gasteiger partial charge in [-0.15, -0.1) is 11.8 Å². The Hall–Kier alpha value is -1.75. The third kappa shape index (κ3) is 4.42. The Kier molecular flexibility index (Phi) is 5.24. The molecule has 0 aliphatic rings. The van der Waals surface area contributed by atoms with Crippen LogP contribution in [0, 0.1) is 6.92 Å². The zero-order valence-corrected chi connectivity index (χ0v) is 12.4. The van der Waals surface area contributed by atoms with Gasteiger partial charge in [0.2, 0.25) is 5.91 Å². The topological polar surface area (TPSA) is 55.1 Å². The number of carbonyl (C=O) groups excluding carboxylic acids is 1. The van der Waals surface area contributed by atoms with Crippen molar-refractivity contribution in [1.29, 1.82) is 0 Å². The van der Waals surface area contributed by atoms with Crippen LogP contribution in [-0.4, -0.2) is 16.3 Å². The van der Waals surface area contributed by atoms with Gasteiger partial charge in [0.15, 0.2) is 0 Å². The van der Waals surface area contributed by atoms with E-state index < -0.39 is 0 Å². The molecule has 1 aromatic heterocycles. The lowest BCUT2D eigenvalue weighted by Crippen LogP contribution is -2.30. The first-order valence-corrected chi connectivity index (χ1v) is 7.55. The molecule has 2 aromatic rings. The second-order valence-corrected chi connectivity index (χ2v) is 5.91. The zero-order valence-electron chi connectivity index (χ0n) is 11.6. The monoisotopic (exact) mass is 290 g/mol. The lowest BCUT2D eigenvalue weighted by Gasteiger charge is -2.11. The molecule has 0 saturated heterocycles. The van der Waals surface area contributed by atoms with Crippen LogP contribution in [-0.2, 0) is 17.1 Å². The average Bonchev–Trinajstić information content (AvgIpc) is 2.89. The van der Waals surface area contributed by atoms with Gasteiger partial charge in [-0.2, -0.15) is 0 Å². The van der Waals surface area contributed by atoms with Crippen LogP contribution in [0.2, 0.25) is 0 Å². The number of hydrogen-bond donors (Lipinski definition) is 1. The quantitative estimate of drug-likeness (QED) is 0.888. The molecule has 0 radical (unpaired) electrons. The van der Waals surface area contributed by atoms with E-state index in [1.165, 1.54) is 0 Å². The van der Waals surface area contributed by atoms with E-state index in [0.29, 0.717) is 12.3 Å². The van der Waals surface area contributed by atoms with Gasteiger partial charge in [-0.25, -0.2) is 0 Å². The van der Waals surface area contributed by atoms with Crippen LogP contribution >= 0.6 is 11.8 Å². The summed E-state index contributed by atoms with van der Waals surface area (Å²) in [6.45, 7) is 4.32. The maximum atomic E-state index is 12.0. The van der Waals surface area contributed by atoms with Crippen molar-refractivity contribution in [3.05, 3.63) is 53.4 Å². The fourth-order valence-corrected chi connectivity index (χ4v) is 2.49. The molecule has 1 N–H and O–H groups in total. The normalized spacial score (nSPS) is 12.1. The van der Waals surface area contributed by atoms with E-state index in [-0.39, 0.29) is 11.2 Å². The van der Waals surface area contributed by atoms with E-state index in [1.807, 2.05) is 50.2 Å². The molecule has 1 amide bonds.